The SMILES string of the molecule is CSCC[C@H](NC(=O)NCC1(C)CCC1)C(=O)O. The van der Waals surface area contributed by atoms with Crippen LogP contribution in [-0.2, 0) is 4.79 Å². The van der Waals surface area contributed by atoms with Crippen molar-refractivity contribution < 1.29 is 14.7 Å². The number of hydrogen-bond acceptors (Lipinski definition) is 3. The normalized spacial score (nSPS) is 18.6. The Labute approximate surface area is 112 Å². The number of nitrogens with one attached hydrogen (secondary N) is 2. The number of carbonyl (C=O) groups excluding carboxylic acids is 1. The first-order valence-electron chi connectivity index (χ1n) is 6.23. The monoisotopic (exact) mass is 274 g/mol. The molecule has 2 amide bonds. The Morgan fingerprint density at radius 3 is 2.56 bits per heavy atom. The molecule has 0 heterocycles. The third-order valence-electron chi connectivity index (χ3n) is 3.45. The zero-order valence-electron chi connectivity index (χ0n) is 11.0. The van der Waals surface area contributed by atoms with Gasteiger partial charge in [0.1, 0.15) is 6.04 Å². The average molecular weight is 274 g/mol. The first-order chi connectivity index (χ1) is 8.47. The fourth-order valence-corrected chi connectivity index (χ4v) is 2.42. The lowest BCUT2D eigenvalue weighted by atomic mass is 9.70. The van der Waals surface area contributed by atoms with Crippen molar-refractivity contribution in [2.75, 3.05) is 18.6 Å². The van der Waals surface area contributed by atoms with Gasteiger partial charge in [-0.05, 0) is 36.7 Å². The van der Waals surface area contributed by atoms with Crippen LogP contribution in [0.1, 0.15) is 32.6 Å². The molecule has 0 aliphatic heterocycles. The molecule has 18 heavy (non-hydrogen) atoms. The van der Waals surface area contributed by atoms with E-state index in [4.69, 9.17) is 5.11 Å². The van der Waals surface area contributed by atoms with Crippen molar-refractivity contribution in [2.24, 2.45) is 5.41 Å². The molecule has 0 unspecified atom stereocenters. The van der Waals surface area contributed by atoms with E-state index in [2.05, 4.69) is 17.6 Å². The Balaban J connectivity index is 2.29. The molecular formula is C12H22N2O3S. The molecular weight excluding hydrogens is 252 g/mol. The summed E-state index contributed by atoms with van der Waals surface area (Å²) >= 11 is 1.57. The van der Waals surface area contributed by atoms with Gasteiger partial charge in [0, 0.05) is 6.54 Å². The Bertz CT molecular complexity index is 306. The average Bonchev–Trinajstić information content (AvgIpc) is 2.29. The molecule has 0 spiro atoms. The highest BCUT2D eigenvalue weighted by Gasteiger charge is 2.32. The number of rotatable bonds is 7. The molecule has 1 aliphatic rings. The Morgan fingerprint density at radius 1 is 1.44 bits per heavy atom. The molecule has 1 atom stereocenters. The van der Waals surface area contributed by atoms with Gasteiger partial charge in [0.05, 0.1) is 0 Å². The minimum Gasteiger partial charge on any atom is -0.480 e. The molecule has 0 bridgehead atoms. The van der Waals surface area contributed by atoms with E-state index in [9.17, 15) is 9.59 Å². The summed E-state index contributed by atoms with van der Waals surface area (Å²) in [5.41, 5.74) is 0.204. The van der Waals surface area contributed by atoms with Gasteiger partial charge in [-0.1, -0.05) is 13.3 Å². The Hall–Kier alpha value is -0.910. The van der Waals surface area contributed by atoms with E-state index in [0.717, 1.165) is 18.6 Å². The second-order valence-corrected chi connectivity index (χ2v) is 6.15. The van der Waals surface area contributed by atoms with Crippen molar-refractivity contribution in [1.82, 2.24) is 10.6 Å². The summed E-state index contributed by atoms with van der Waals surface area (Å²) < 4.78 is 0. The number of carboxylic acids is 1. The fraction of sp³-hybridized carbons (Fsp3) is 0.833. The maximum absolute atomic E-state index is 11.6. The Morgan fingerprint density at radius 2 is 2.11 bits per heavy atom. The van der Waals surface area contributed by atoms with Crippen LogP contribution >= 0.6 is 11.8 Å². The topological polar surface area (TPSA) is 78.4 Å². The van der Waals surface area contributed by atoms with Crippen molar-refractivity contribution in [3.05, 3.63) is 0 Å². The predicted molar refractivity (Wildman–Crippen MR) is 72.9 cm³/mol. The summed E-state index contributed by atoms with van der Waals surface area (Å²) in [6.07, 6.45) is 5.83. The molecule has 0 saturated heterocycles. The van der Waals surface area contributed by atoms with E-state index < -0.39 is 12.0 Å². The second-order valence-electron chi connectivity index (χ2n) is 5.16. The Kier molecular flexibility index (Phi) is 5.78. The highest BCUT2D eigenvalue weighted by atomic mass is 32.2. The van der Waals surface area contributed by atoms with Crippen molar-refractivity contribution in [3.8, 4) is 0 Å². The number of aliphatic carboxylic acids is 1. The van der Waals surface area contributed by atoms with Crippen molar-refractivity contribution in [2.45, 2.75) is 38.6 Å². The van der Waals surface area contributed by atoms with Crippen LogP contribution < -0.4 is 10.6 Å². The minimum atomic E-state index is -0.978. The highest BCUT2D eigenvalue weighted by molar-refractivity contribution is 7.98. The molecule has 1 saturated carbocycles. The van der Waals surface area contributed by atoms with Gasteiger partial charge in [0.2, 0.25) is 0 Å². The van der Waals surface area contributed by atoms with E-state index in [-0.39, 0.29) is 11.4 Å². The number of carbonyl (C=O) groups is 2. The van der Waals surface area contributed by atoms with Gasteiger partial charge >= 0.3 is 12.0 Å². The van der Waals surface area contributed by atoms with Gasteiger partial charge < -0.3 is 15.7 Å². The standard InChI is InChI=1S/C12H22N2O3S/c1-12(5-3-6-12)8-13-11(17)14-9(10(15)16)4-7-18-2/h9H,3-8H2,1-2H3,(H,15,16)(H2,13,14,17)/t9-/m0/s1. The molecule has 1 fully saturated rings. The maximum atomic E-state index is 11.6. The first kappa shape index (κ1) is 15.1. The van der Waals surface area contributed by atoms with Crippen LogP contribution in [0, 0.1) is 5.41 Å². The lowest BCUT2D eigenvalue weighted by Crippen LogP contribution is -2.49. The quantitative estimate of drug-likeness (QED) is 0.660. The maximum Gasteiger partial charge on any atom is 0.326 e. The summed E-state index contributed by atoms with van der Waals surface area (Å²) in [6.45, 7) is 2.76. The van der Waals surface area contributed by atoms with Gasteiger partial charge in [0.25, 0.3) is 0 Å². The number of hydrogen-bond donors (Lipinski definition) is 3. The van der Waals surface area contributed by atoms with E-state index in [1.807, 2.05) is 6.26 Å². The predicted octanol–water partition coefficient (Wildman–Crippen LogP) is 1.68. The summed E-state index contributed by atoms with van der Waals surface area (Å²) in [5, 5.41) is 14.3. The fourth-order valence-electron chi connectivity index (χ4n) is 1.95. The molecule has 3 N–H and O–H groups in total. The van der Waals surface area contributed by atoms with Gasteiger partial charge in [-0.25, -0.2) is 9.59 Å². The largest absolute Gasteiger partial charge is 0.480 e. The summed E-state index contributed by atoms with van der Waals surface area (Å²) in [7, 11) is 0. The third kappa shape index (κ3) is 4.76. The summed E-state index contributed by atoms with van der Waals surface area (Å²) in [4.78, 5) is 22.6. The number of amides is 2. The minimum absolute atomic E-state index is 0.204. The smallest absolute Gasteiger partial charge is 0.326 e. The molecule has 0 aromatic rings. The van der Waals surface area contributed by atoms with Gasteiger partial charge in [-0.2, -0.15) is 11.8 Å². The van der Waals surface area contributed by atoms with Crippen LogP contribution in [0.3, 0.4) is 0 Å². The second kappa shape index (κ2) is 6.87. The molecule has 0 radical (unpaired) electrons. The van der Waals surface area contributed by atoms with Gasteiger partial charge in [0.15, 0.2) is 0 Å². The van der Waals surface area contributed by atoms with Crippen molar-refractivity contribution >= 4 is 23.8 Å². The van der Waals surface area contributed by atoms with Crippen molar-refractivity contribution in [1.29, 1.82) is 0 Å². The molecule has 1 rings (SSSR count). The summed E-state index contributed by atoms with van der Waals surface area (Å²) in [5.74, 6) is -0.261. The molecule has 104 valence electrons. The molecule has 5 nitrogen and oxygen atoms in total. The van der Waals surface area contributed by atoms with E-state index in [0.29, 0.717) is 13.0 Å². The number of thioether (sulfide) groups is 1. The van der Waals surface area contributed by atoms with Crippen LogP contribution in [-0.4, -0.2) is 41.7 Å². The molecule has 0 aromatic carbocycles. The van der Waals surface area contributed by atoms with E-state index in [1.165, 1.54) is 6.42 Å². The number of urea groups is 1. The van der Waals surface area contributed by atoms with Crippen LogP contribution in [0.4, 0.5) is 4.79 Å². The lowest BCUT2D eigenvalue weighted by molar-refractivity contribution is -0.139. The highest BCUT2D eigenvalue weighted by Crippen LogP contribution is 2.39. The first-order valence-corrected chi connectivity index (χ1v) is 7.62. The zero-order valence-corrected chi connectivity index (χ0v) is 11.8. The van der Waals surface area contributed by atoms with Crippen molar-refractivity contribution in [3.63, 3.8) is 0 Å². The van der Waals surface area contributed by atoms with Crippen LogP contribution in [0.2, 0.25) is 0 Å². The molecule has 1 aliphatic carbocycles. The molecule has 6 heteroatoms. The van der Waals surface area contributed by atoms with Gasteiger partial charge in [-0.3, -0.25) is 0 Å². The van der Waals surface area contributed by atoms with Crippen LogP contribution in [0.15, 0.2) is 0 Å². The third-order valence-corrected chi connectivity index (χ3v) is 4.09. The molecule has 0 aromatic heterocycles. The van der Waals surface area contributed by atoms with Gasteiger partial charge in [-0.15, -0.1) is 0 Å². The zero-order chi connectivity index (χ0) is 13.6. The van der Waals surface area contributed by atoms with Crippen LogP contribution in [0.25, 0.3) is 0 Å². The van der Waals surface area contributed by atoms with E-state index >= 15 is 0 Å². The van der Waals surface area contributed by atoms with E-state index in [1.54, 1.807) is 11.8 Å². The number of carboxylic acid groups (broad SMARTS) is 1. The lowest BCUT2D eigenvalue weighted by Gasteiger charge is -2.38. The summed E-state index contributed by atoms with van der Waals surface area (Å²) in [6, 6.07) is -1.18. The van der Waals surface area contributed by atoms with Crippen LogP contribution in [0.5, 0.6) is 0 Å².